The number of guanidine groups is 1. The number of hydrogen-bond acceptors (Lipinski definition) is 2. The smallest absolute Gasteiger partial charge is 0.188 e. The average Bonchev–Trinajstić information content (AvgIpc) is 2.97. The van der Waals surface area contributed by atoms with E-state index >= 15 is 0 Å². The lowest BCUT2D eigenvalue weighted by Gasteiger charge is -2.15. The van der Waals surface area contributed by atoms with Crippen molar-refractivity contribution >= 4 is 29.9 Å². The van der Waals surface area contributed by atoms with Crippen LogP contribution in [0.15, 0.2) is 4.99 Å². The highest BCUT2D eigenvalue weighted by atomic mass is 127. The maximum absolute atomic E-state index is 5.82. The Balaban J connectivity index is 0.00000256. The molecule has 1 unspecified atom stereocenters. The molecule has 0 aromatic carbocycles. The first-order valence-electron chi connectivity index (χ1n) is 6.17. The summed E-state index contributed by atoms with van der Waals surface area (Å²) >= 11 is 0. The molecule has 1 aliphatic rings. The lowest BCUT2D eigenvalue weighted by atomic mass is 10.0. The quantitative estimate of drug-likeness (QED) is 0.418. The van der Waals surface area contributed by atoms with Gasteiger partial charge in [0.15, 0.2) is 5.96 Å². The first-order chi connectivity index (χ1) is 7.62. The van der Waals surface area contributed by atoms with Crippen molar-refractivity contribution in [1.82, 2.24) is 5.32 Å². The molecule has 0 aliphatic heterocycles. The first-order valence-corrected chi connectivity index (χ1v) is 6.17. The van der Waals surface area contributed by atoms with E-state index in [1.165, 1.54) is 25.7 Å². The lowest BCUT2D eigenvalue weighted by molar-refractivity contribution is 0.179. The Morgan fingerprint density at radius 1 is 1.53 bits per heavy atom. The van der Waals surface area contributed by atoms with Crippen LogP contribution >= 0.6 is 24.0 Å². The number of aliphatic imine (C=N–C) groups is 1. The van der Waals surface area contributed by atoms with Crippen molar-refractivity contribution in [2.24, 2.45) is 16.1 Å². The predicted molar refractivity (Wildman–Crippen MR) is 83.0 cm³/mol. The Morgan fingerprint density at radius 3 is 2.65 bits per heavy atom. The maximum Gasteiger partial charge on any atom is 0.188 e. The molecule has 0 bridgehead atoms. The van der Waals surface area contributed by atoms with E-state index in [4.69, 9.17) is 10.5 Å². The zero-order valence-corrected chi connectivity index (χ0v) is 13.5. The SMILES string of the molecule is CCCC1(CN=C(N)NC(C)COC)CC1.I. The summed E-state index contributed by atoms with van der Waals surface area (Å²) in [6.07, 6.45) is 5.14. The molecule has 0 heterocycles. The second-order valence-corrected chi connectivity index (χ2v) is 4.95. The van der Waals surface area contributed by atoms with Crippen molar-refractivity contribution in [3.63, 3.8) is 0 Å². The number of halogens is 1. The van der Waals surface area contributed by atoms with Gasteiger partial charge in [0, 0.05) is 19.7 Å². The summed E-state index contributed by atoms with van der Waals surface area (Å²) in [5.74, 6) is 0.548. The molecule has 4 nitrogen and oxygen atoms in total. The summed E-state index contributed by atoms with van der Waals surface area (Å²) in [5.41, 5.74) is 6.30. The minimum atomic E-state index is 0. The summed E-state index contributed by atoms with van der Waals surface area (Å²) in [4.78, 5) is 4.43. The molecule has 0 saturated heterocycles. The molecular formula is C12H26IN3O. The van der Waals surface area contributed by atoms with Gasteiger partial charge in [0.05, 0.1) is 6.61 Å². The van der Waals surface area contributed by atoms with E-state index in [0.717, 1.165) is 6.54 Å². The van der Waals surface area contributed by atoms with Gasteiger partial charge in [-0.3, -0.25) is 4.99 Å². The first kappa shape index (κ1) is 17.0. The molecule has 1 fully saturated rings. The van der Waals surface area contributed by atoms with E-state index in [9.17, 15) is 0 Å². The number of hydrogen-bond donors (Lipinski definition) is 2. The predicted octanol–water partition coefficient (Wildman–Crippen LogP) is 2.12. The standard InChI is InChI=1S/C12H25N3O.HI/c1-4-5-12(6-7-12)9-14-11(13)15-10(2)8-16-3;/h10H,4-9H2,1-3H3,(H3,13,14,15);1H. The molecule has 17 heavy (non-hydrogen) atoms. The van der Waals surface area contributed by atoms with Crippen LogP contribution in [0.3, 0.4) is 0 Å². The largest absolute Gasteiger partial charge is 0.383 e. The molecular weight excluding hydrogens is 329 g/mol. The normalized spacial score (nSPS) is 19.4. The second-order valence-electron chi connectivity index (χ2n) is 4.95. The number of nitrogens with two attached hydrogens (primary N) is 1. The summed E-state index contributed by atoms with van der Waals surface area (Å²) in [5, 5.41) is 3.13. The van der Waals surface area contributed by atoms with E-state index < -0.39 is 0 Å². The van der Waals surface area contributed by atoms with Gasteiger partial charge in [-0.1, -0.05) is 13.3 Å². The molecule has 0 amide bonds. The van der Waals surface area contributed by atoms with Gasteiger partial charge in [0.25, 0.3) is 0 Å². The number of nitrogens with one attached hydrogen (secondary N) is 1. The third kappa shape index (κ3) is 6.45. The van der Waals surface area contributed by atoms with Gasteiger partial charge in [-0.25, -0.2) is 0 Å². The van der Waals surface area contributed by atoms with Gasteiger partial charge >= 0.3 is 0 Å². The summed E-state index contributed by atoms with van der Waals surface area (Å²) in [6.45, 7) is 5.78. The minimum Gasteiger partial charge on any atom is -0.383 e. The van der Waals surface area contributed by atoms with Crippen molar-refractivity contribution in [2.75, 3.05) is 20.3 Å². The molecule has 0 spiro atoms. The van der Waals surface area contributed by atoms with Gasteiger partial charge in [-0.15, -0.1) is 24.0 Å². The average molecular weight is 355 g/mol. The zero-order chi connectivity index (χ0) is 12.0. The fourth-order valence-corrected chi connectivity index (χ4v) is 2.04. The van der Waals surface area contributed by atoms with Crippen molar-refractivity contribution in [3.05, 3.63) is 0 Å². The van der Waals surface area contributed by atoms with Gasteiger partial charge in [0.1, 0.15) is 0 Å². The van der Waals surface area contributed by atoms with Gasteiger partial charge < -0.3 is 15.8 Å². The molecule has 1 saturated carbocycles. The van der Waals surface area contributed by atoms with Crippen LogP contribution in [0.4, 0.5) is 0 Å². The van der Waals surface area contributed by atoms with Gasteiger partial charge in [0.2, 0.25) is 0 Å². The molecule has 1 aliphatic carbocycles. The van der Waals surface area contributed by atoms with Crippen LogP contribution in [0.1, 0.15) is 39.5 Å². The summed E-state index contributed by atoms with van der Waals surface area (Å²) in [6, 6.07) is 0.218. The molecule has 3 N–H and O–H groups in total. The highest BCUT2D eigenvalue weighted by molar-refractivity contribution is 14.0. The molecule has 5 heteroatoms. The number of nitrogens with zero attached hydrogens (tertiary/aromatic N) is 1. The van der Waals surface area contributed by atoms with Crippen LogP contribution in [0.5, 0.6) is 0 Å². The van der Waals surface area contributed by atoms with Crippen molar-refractivity contribution in [1.29, 1.82) is 0 Å². The van der Waals surface area contributed by atoms with Gasteiger partial charge in [-0.05, 0) is 31.6 Å². The Bertz CT molecular complexity index is 242. The number of rotatable bonds is 7. The van der Waals surface area contributed by atoms with E-state index in [2.05, 4.69) is 17.2 Å². The van der Waals surface area contributed by atoms with E-state index in [1.807, 2.05) is 6.92 Å². The molecule has 1 atom stereocenters. The highest BCUT2D eigenvalue weighted by Crippen LogP contribution is 2.49. The van der Waals surface area contributed by atoms with Crippen molar-refractivity contribution in [2.45, 2.75) is 45.6 Å². The van der Waals surface area contributed by atoms with E-state index in [0.29, 0.717) is 18.0 Å². The highest BCUT2D eigenvalue weighted by Gasteiger charge is 2.41. The Morgan fingerprint density at radius 2 is 2.18 bits per heavy atom. The number of ether oxygens (including phenoxy) is 1. The Labute approximate surface area is 122 Å². The van der Waals surface area contributed by atoms with Crippen molar-refractivity contribution < 1.29 is 4.74 Å². The summed E-state index contributed by atoms with van der Waals surface area (Å²) in [7, 11) is 1.69. The molecule has 0 radical (unpaired) electrons. The number of methoxy groups -OCH3 is 1. The topological polar surface area (TPSA) is 59.6 Å². The zero-order valence-electron chi connectivity index (χ0n) is 11.2. The monoisotopic (exact) mass is 355 g/mol. The van der Waals surface area contributed by atoms with E-state index in [-0.39, 0.29) is 30.0 Å². The molecule has 0 aromatic heterocycles. The molecule has 1 rings (SSSR count). The van der Waals surface area contributed by atoms with E-state index in [1.54, 1.807) is 7.11 Å². The van der Waals surface area contributed by atoms with Crippen molar-refractivity contribution in [3.8, 4) is 0 Å². The fraction of sp³-hybridized carbons (Fsp3) is 0.917. The van der Waals surface area contributed by atoms with Crippen LogP contribution in [0, 0.1) is 5.41 Å². The lowest BCUT2D eigenvalue weighted by Crippen LogP contribution is -2.41. The van der Waals surface area contributed by atoms with Crippen LogP contribution in [0.2, 0.25) is 0 Å². The van der Waals surface area contributed by atoms with Crippen LogP contribution in [0.25, 0.3) is 0 Å². The van der Waals surface area contributed by atoms with Crippen LogP contribution in [-0.4, -0.2) is 32.3 Å². The van der Waals surface area contributed by atoms with Gasteiger partial charge in [-0.2, -0.15) is 0 Å². The molecule has 0 aromatic rings. The van der Waals surface area contributed by atoms with Crippen LogP contribution in [-0.2, 0) is 4.74 Å². The summed E-state index contributed by atoms with van der Waals surface area (Å²) < 4.78 is 5.03. The third-order valence-corrected chi connectivity index (χ3v) is 3.13. The van der Waals surface area contributed by atoms with Crippen LogP contribution < -0.4 is 11.1 Å². The molecule has 102 valence electrons. The maximum atomic E-state index is 5.82. The minimum absolute atomic E-state index is 0. The third-order valence-electron chi connectivity index (χ3n) is 3.13. The Hall–Kier alpha value is -0.0400. The second kappa shape index (κ2) is 8.13. The Kier molecular flexibility index (Phi) is 8.11. The fourth-order valence-electron chi connectivity index (χ4n) is 2.04.